The summed E-state index contributed by atoms with van der Waals surface area (Å²) in [7, 11) is 1.84. The number of aromatic nitrogens is 3. The Morgan fingerprint density at radius 1 is 1.41 bits per heavy atom. The van der Waals surface area contributed by atoms with E-state index in [0.717, 1.165) is 17.2 Å². The van der Waals surface area contributed by atoms with E-state index in [2.05, 4.69) is 20.3 Å². The molecule has 2 N–H and O–H groups in total. The maximum atomic E-state index is 5.33. The number of nitrogens with zero attached hydrogens (tertiary/aromatic N) is 2. The Hall–Kier alpha value is -1.88. The third-order valence-electron chi connectivity index (χ3n) is 2.34. The van der Waals surface area contributed by atoms with Gasteiger partial charge in [0, 0.05) is 25.9 Å². The van der Waals surface area contributed by atoms with Crippen molar-refractivity contribution < 1.29 is 4.74 Å². The molecule has 2 aromatic rings. The van der Waals surface area contributed by atoms with Gasteiger partial charge in [-0.15, -0.1) is 0 Å². The molecule has 2 heterocycles. The number of aromatic amines is 1. The summed E-state index contributed by atoms with van der Waals surface area (Å²) in [5, 5.41) is 3.03. The molecule has 0 aromatic carbocycles. The first-order chi connectivity index (χ1) is 8.33. The average Bonchev–Trinajstić information content (AvgIpc) is 2.89. The minimum Gasteiger partial charge on any atom is -0.374 e. The summed E-state index contributed by atoms with van der Waals surface area (Å²) < 4.78 is 5.33. The van der Waals surface area contributed by atoms with Crippen molar-refractivity contribution in [1.82, 2.24) is 15.0 Å². The molecule has 2 aromatic heterocycles. The van der Waals surface area contributed by atoms with Gasteiger partial charge < -0.3 is 15.0 Å². The standard InChI is InChI=1S/C12H16N4O/c1-3-17-8-12-15-10(7-11(13-2)16-12)9-5-4-6-14-9/h4-7,14H,3,8H2,1-2H3,(H,13,15,16). The highest BCUT2D eigenvalue weighted by atomic mass is 16.5. The summed E-state index contributed by atoms with van der Waals surface area (Å²) in [5.74, 6) is 1.47. The molecular weight excluding hydrogens is 216 g/mol. The van der Waals surface area contributed by atoms with Gasteiger partial charge >= 0.3 is 0 Å². The van der Waals surface area contributed by atoms with E-state index in [4.69, 9.17) is 4.74 Å². The number of hydrogen-bond acceptors (Lipinski definition) is 4. The van der Waals surface area contributed by atoms with Crippen LogP contribution in [0.25, 0.3) is 11.4 Å². The number of rotatable bonds is 5. The molecule has 5 nitrogen and oxygen atoms in total. The Bertz CT molecular complexity index is 467. The van der Waals surface area contributed by atoms with Gasteiger partial charge in [-0.3, -0.25) is 0 Å². The Kier molecular flexibility index (Phi) is 3.72. The van der Waals surface area contributed by atoms with Crippen molar-refractivity contribution in [3.63, 3.8) is 0 Å². The molecule has 17 heavy (non-hydrogen) atoms. The zero-order valence-corrected chi connectivity index (χ0v) is 10.0. The Morgan fingerprint density at radius 3 is 2.94 bits per heavy atom. The van der Waals surface area contributed by atoms with E-state index >= 15 is 0 Å². The Balaban J connectivity index is 2.32. The number of ether oxygens (including phenoxy) is 1. The summed E-state index contributed by atoms with van der Waals surface area (Å²) in [6.45, 7) is 3.04. The maximum Gasteiger partial charge on any atom is 0.157 e. The number of hydrogen-bond donors (Lipinski definition) is 2. The molecule has 0 spiro atoms. The molecule has 0 aliphatic rings. The predicted octanol–water partition coefficient (Wildman–Crippen LogP) is 2.05. The molecule has 0 amide bonds. The van der Waals surface area contributed by atoms with Gasteiger partial charge in [-0.05, 0) is 19.1 Å². The minimum atomic E-state index is 0.430. The number of H-pyrrole nitrogens is 1. The second-order valence-electron chi connectivity index (χ2n) is 3.53. The van der Waals surface area contributed by atoms with Crippen LogP contribution in [0.5, 0.6) is 0 Å². The molecule has 0 saturated heterocycles. The van der Waals surface area contributed by atoms with E-state index in [-0.39, 0.29) is 0 Å². The fourth-order valence-electron chi connectivity index (χ4n) is 1.51. The van der Waals surface area contributed by atoms with Gasteiger partial charge in [0.1, 0.15) is 12.4 Å². The zero-order chi connectivity index (χ0) is 12.1. The van der Waals surface area contributed by atoms with Gasteiger partial charge in [0.15, 0.2) is 5.82 Å². The van der Waals surface area contributed by atoms with Crippen LogP contribution in [0.3, 0.4) is 0 Å². The quantitative estimate of drug-likeness (QED) is 0.828. The van der Waals surface area contributed by atoms with Crippen molar-refractivity contribution in [3.05, 3.63) is 30.2 Å². The largest absolute Gasteiger partial charge is 0.374 e. The molecule has 90 valence electrons. The Labute approximate surface area is 100 Å². The fourth-order valence-corrected chi connectivity index (χ4v) is 1.51. The van der Waals surface area contributed by atoms with Gasteiger partial charge in [0.05, 0.1) is 11.4 Å². The summed E-state index contributed by atoms with van der Waals surface area (Å²) in [6, 6.07) is 5.83. The van der Waals surface area contributed by atoms with Gasteiger partial charge in [0.25, 0.3) is 0 Å². The van der Waals surface area contributed by atoms with Crippen LogP contribution in [0.4, 0.5) is 5.82 Å². The summed E-state index contributed by atoms with van der Waals surface area (Å²) in [5.41, 5.74) is 1.84. The molecule has 0 unspecified atom stereocenters. The SMILES string of the molecule is CCOCc1nc(NC)cc(-c2ccc[nH]2)n1. The normalized spacial score (nSPS) is 10.5. The topological polar surface area (TPSA) is 62.8 Å². The zero-order valence-electron chi connectivity index (χ0n) is 10.0. The lowest BCUT2D eigenvalue weighted by molar-refractivity contribution is 0.128. The average molecular weight is 232 g/mol. The second kappa shape index (κ2) is 5.45. The van der Waals surface area contributed by atoms with Crippen LogP contribution in [0.1, 0.15) is 12.7 Å². The molecule has 0 fully saturated rings. The van der Waals surface area contributed by atoms with E-state index < -0.39 is 0 Å². The molecule has 0 radical (unpaired) electrons. The van der Waals surface area contributed by atoms with E-state index in [9.17, 15) is 0 Å². The monoisotopic (exact) mass is 232 g/mol. The van der Waals surface area contributed by atoms with E-state index in [1.165, 1.54) is 0 Å². The third kappa shape index (κ3) is 2.82. The molecule has 5 heteroatoms. The summed E-state index contributed by atoms with van der Waals surface area (Å²) >= 11 is 0. The lowest BCUT2D eigenvalue weighted by Crippen LogP contribution is -2.04. The van der Waals surface area contributed by atoms with E-state index in [1.54, 1.807) is 0 Å². The van der Waals surface area contributed by atoms with Crippen molar-refractivity contribution in [2.75, 3.05) is 19.0 Å². The van der Waals surface area contributed by atoms with Crippen LogP contribution >= 0.6 is 0 Å². The molecule has 0 aliphatic heterocycles. The van der Waals surface area contributed by atoms with Gasteiger partial charge in [0.2, 0.25) is 0 Å². The van der Waals surface area contributed by atoms with Gasteiger partial charge in [-0.1, -0.05) is 0 Å². The molecule has 2 rings (SSSR count). The van der Waals surface area contributed by atoms with Crippen LogP contribution in [0.2, 0.25) is 0 Å². The summed E-state index contributed by atoms with van der Waals surface area (Å²) in [6.07, 6.45) is 1.87. The van der Waals surface area contributed by atoms with Crippen LogP contribution in [0.15, 0.2) is 24.4 Å². The highest BCUT2D eigenvalue weighted by molar-refractivity contribution is 5.58. The highest BCUT2D eigenvalue weighted by Gasteiger charge is 2.06. The minimum absolute atomic E-state index is 0.430. The van der Waals surface area contributed by atoms with Crippen LogP contribution in [-0.2, 0) is 11.3 Å². The molecule has 0 bridgehead atoms. The van der Waals surface area contributed by atoms with Gasteiger partial charge in [-0.2, -0.15) is 0 Å². The number of nitrogens with one attached hydrogen (secondary N) is 2. The fraction of sp³-hybridized carbons (Fsp3) is 0.333. The maximum absolute atomic E-state index is 5.33. The van der Waals surface area contributed by atoms with Gasteiger partial charge in [-0.25, -0.2) is 9.97 Å². The van der Waals surface area contributed by atoms with Crippen molar-refractivity contribution >= 4 is 5.82 Å². The summed E-state index contributed by atoms with van der Waals surface area (Å²) in [4.78, 5) is 11.9. The van der Waals surface area contributed by atoms with Crippen LogP contribution in [0, 0.1) is 0 Å². The van der Waals surface area contributed by atoms with E-state index in [0.29, 0.717) is 19.0 Å². The van der Waals surface area contributed by atoms with Crippen LogP contribution in [-0.4, -0.2) is 28.6 Å². The van der Waals surface area contributed by atoms with Crippen molar-refractivity contribution in [3.8, 4) is 11.4 Å². The molecule has 0 aliphatic carbocycles. The molecule has 0 atom stereocenters. The first-order valence-electron chi connectivity index (χ1n) is 5.60. The molecule has 0 saturated carbocycles. The lowest BCUT2D eigenvalue weighted by atomic mass is 10.3. The smallest absolute Gasteiger partial charge is 0.157 e. The van der Waals surface area contributed by atoms with Crippen molar-refractivity contribution in [2.45, 2.75) is 13.5 Å². The Morgan fingerprint density at radius 2 is 2.29 bits per heavy atom. The van der Waals surface area contributed by atoms with E-state index in [1.807, 2.05) is 38.4 Å². The van der Waals surface area contributed by atoms with Crippen molar-refractivity contribution in [1.29, 1.82) is 0 Å². The predicted molar refractivity (Wildman–Crippen MR) is 66.7 cm³/mol. The lowest BCUT2D eigenvalue weighted by Gasteiger charge is -2.06. The first kappa shape index (κ1) is 11.6. The van der Waals surface area contributed by atoms with Crippen molar-refractivity contribution in [2.24, 2.45) is 0 Å². The second-order valence-corrected chi connectivity index (χ2v) is 3.53. The molecular formula is C12H16N4O. The van der Waals surface area contributed by atoms with Crippen LogP contribution < -0.4 is 5.32 Å². The number of anilines is 1. The third-order valence-corrected chi connectivity index (χ3v) is 2.34. The first-order valence-corrected chi connectivity index (χ1v) is 5.60. The highest BCUT2D eigenvalue weighted by Crippen LogP contribution is 2.17.